The SMILES string of the molecule is CCc1ccc(C(CCCBr)=NOC)cc1. The summed E-state index contributed by atoms with van der Waals surface area (Å²) >= 11 is 3.43. The summed E-state index contributed by atoms with van der Waals surface area (Å²) in [5.41, 5.74) is 3.52. The number of alkyl halides is 1. The van der Waals surface area contributed by atoms with E-state index >= 15 is 0 Å². The lowest BCUT2D eigenvalue weighted by Crippen LogP contribution is -2.02. The molecular weight excluding hydrogens is 266 g/mol. The van der Waals surface area contributed by atoms with Crippen molar-refractivity contribution >= 4 is 21.6 Å². The van der Waals surface area contributed by atoms with Gasteiger partial charge in [0.1, 0.15) is 7.11 Å². The Hall–Kier alpha value is -0.830. The van der Waals surface area contributed by atoms with Crippen LogP contribution < -0.4 is 0 Å². The number of hydrogen-bond donors (Lipinski definition) is 0. The van der Waals surface area contributed by atoms with Gasteiger partial charge in [-0.2, -0.15) is 0 Å². The fraction of sp³-hybridized carbons (Fsp3) is 0.462. The summed E-state index contributed by atoms with van der Waals surface area (Å²) in [5, 5.41) is 5.07. The molecule has 0 aliphatic rings. The van der Waals surface area contributed by atoms with Crippen molar-refractivity contribution in [2.75, 3.05) is 12.4 Å². The lowest BCUT2D eigenvalue weighted by molar-refractivity contribution is 0.213. The Bertz CT molecular complexity index is 332. The lowest BCUT2D eigenvalue weighted by Gasteiger charge is -2.05. The van der Waals surface area contributed by atoms with E-state index in [0.717, 1.165) is 35.9 Å². The van der Waals surface area contributed by atoms with Gasteiger partial charge in [-0.05, 0) is 30.4 Å². The maximum atomic E-state index is 4.88. The van der Waals surface area contributed by atoms with Gasteiger partial charge in [0.25, 0.3) is 0 Å². The highest BCUT2D eigenvalue weighted by molar-refractivity contribution is 9.09. The first kappa shape index (κ1) is 13.2. The molecule has 0 fully saturated rings. The van der Waals surface area contributed by atoms with Gasteiger partial charge in [-0.15, -0.1) is 0 Å². The molecule has 0 aliphatic heterocycles. The van der Waals surface area contributed by atoms with Gasteiger partial charge in [0.15, 0.2) is 0 Å². The van der Waals surface area contributed by atoms with Crippen LogP contribution in [0.3, 0.4) is 0 Å². The van der Waals surface area contributed by atoms with Crippen molar-refractivity contribution in [2.24, 2.45) is 5.16 Å². The van der Waals surface area contributed by atoms with Crippen LogP contribution >= 0.6 is 15.9 Å². The maximum absolute atomic E-state index is 4.88. The molecule has 0 bridgehead atoms. The molecule has 0 amide bonds. The zero-order chi connectivity index (χ0) is 11.8. The molecule has 0 aliphatic carbocycles. The maximum Gasteiger partial charge on any atom is 0.106 e. The molecule has 0 N–H and O–H groups in total. The molecule has 0 atom stereocenters. The molecule has 0 unspecified atom stereocenters. The summed E-state index contributed by atoms with van der Waals surface area (Å²) in [4.78, 5) is 4.88. The van der Waals surface area contributed by atoms with Crippen LogP contribution in [0.4, 0.5) is 0 Å². The van der Waals surface area contributed by atoms with Gasteiger partial charge < -0.3 is 4.84 Å². The van der Waals surface area contributed by atoms with Crippen LogP contribution in [0.2, 0.25) is 0 Å². The summed E-state index contributed by atoms with van der Waals surface area (Å²) in [6.45, 7) is 2.16. The summed E-state index contributed by atoms with van der Waals surface area (Å²) in [7, 11) is 1.59. The van der Waals surface area contributed by atoms with Crippen molar-refractivity contribution in [1.82, 2.24) is 0 Å². The summed E-state index contributed by atoms with van der Waals surface area (Å²) in [5.74, 6) is 0. The second-order valence-corrected chi connectivity index (χ2v) is 4.36. The Balaban J connectivity index is 2.80. The van der Waals surface area contributed by atoms with Crippen molar-refractivity contribution in [1.29, 1.82) is 0 Å². The summed E-state index contributed by atoms with van der Waals surface area (Å²) in [6.07, 6.45) is 3.07. The Labute approximate surface area is 106 Å². The second-order valence-electron chi connectivity index (χ2n) is 3.56. The zero-order valence-electron chi connectivity index (χ0n) is 9.87. The normalized spacial score (nSPS) is 11.6. The van der Waals surface area contributed by atoms with Gasteiger partial charge in [0.2, 0.25) is 0 Å². The van der Waals surface area contributed by atoms with Crippen LogP contribution in [0.25, 0.3) is 0 Å². The molecule has 88 valence electrons. The standard InChI is InChI=1S/C13H18BrNO/c1-3-11-6-8-12(9-7-11)13(15-16-2)5-4-10-14/h6-9H,3-5,10H2,1-2H3. The van der Waals surface area contributed by atoms with E-state index in [0.29, 0.717) is 0 Å². The first-order valence-electron chi connectivity index (χ1n) is 5.57. The number of nitrogens with zero attached hydrogens (tertiary/aromatic N) is 1. The average molecular weight is 284 g/mol. The molecule has 0 saturated heterocycles. The van der Waals surface area contributed by atoms with Crippen LogP contribution in [0.15, 0.2) is 29.4 Å². The third kappa shape index (κ3) is 3.97. The van der Waals surface area contributed by atoms with E-state index in [2.05, 4.69) is 52.3 Å². The molecule has 3 heteroatoms. The van der Waals surface area contributed by atoms with Crippen LogP contribution in [0, 0.1) is 0 Å². The highest BCUT2D eigenvalue weighted by atomic mass is 79.9. The van der Waals surface area contributed by atoms with Gasteiger partial charge in [0.05, 0.1) is 5.71 Å². The smallest absolute Gasteiger partial charge is 0.106 e. The molecule has 1 aromatic rings. The molecule has 0 spiro atoms. The number of rotatable bonds is 6. The monoisotopic (exact) mass is 283 g/mol. The van der Waals surface area contributed by atoms with E-state index in [4.69, 9.17) is 4.84 Å². The molecule has 0 heterocycles. The Morgan fingerprint density at radius 1 is 1.31 bits per heavy atom. The van der Waals surface area contributed by atoms with Crippen molar-refractivity contribution in [2.45, 2.75) is 26.2 Å². The molecular formula is C13H18BrNO. The van der Waals surface area contributed by atoms with Gasteiger partial charge in [-0.1, -0.05) is 52.3 Å². The molecule has 2 nitrogen and oxygen atoms in total. The van der Waals surface area contributed by atoms with Gasteiger partial charge in [-0.3, -0.25) is 0 Å². The van der Waals surface area contributed by atoms with E-state index in [1.807, 2.05) is 0 Å². The second kappa shape index (κ2) is 7.44. The number of hydrogen-bond acceptors (Lipinski definition) is 2. The number of oxime groups is 1. The predicted octanol–water partition coefficient (Wildman–Crippen LogP) is 3.77. The minimum absolute atomic E-state index is 0.935. The van der Waals surface area contributed by atoms with Crippen molar-refractivity contribution in [3.63, 3.8) is 0 Å². The van der Waals surface area contributed by atoms with Gasteiger partial charge >= 0.3 is 0 Å². The Kier molecular flexibility index (Phi) is 6.16. The number of benzene rings is 1. The number of halogens is 1. The molecule has 0 aromatic heterocycles. The summed E-state index contributed by atoms with van der Waals surface area (Å²) in [6, 6.07) is 8.53. The molecule has 0 saturated carbocycles. The van der Waals surface area contributed by atoms with E-state index in [9.17, 15) is 0 Å². The van der Waals surface area contributed by atoms with Crippen molar-refractivity contribution in [3.8, 4) is 0 Å². The van der Waals surface area contributed by atoms with Gasteiger partial charge in [0, 0.05) is 5.33 Å². The fourth-order valence-electron chi connectivity index (χ4n) is 1.52. The Morgan fingerprint density at radius 2 is 2.00 bits per heavy atom. The largest absolute Gasteiger partial charge is 0.399 e. The van der Waals surface area contributed by atoms with Gasteiger partial charge in [-0.25, -0.2) is 0 Å². The van der Waals surface area contributed by atoms with Crippen LogP contribution in [0.5, 0.6) is 0 Å². The fourth-order valence-corrected chi connectivity index (χ4v) is 1.80. The highest BCUT2D eigenvalue weighted by Crippen LogP contribution is 2.10. The predicted molar refractivity (Wildman–Crippen MR) is 72.4 cm³/mol. The number of aryl methyl sites for hydroxylation is 1. The lowest BCUT2D eigenvalue weighted by atomic mass is 10.0. The third-order valence-electron chi connectivity index (χ3n) is 2.44. The molecule has 1 rings (SSSR count). The van der Waals surface area contributed by atoms with Crippen LogP contribution in [-0.4, -0.2) is 18.2 Å². The Morgan fingerprint density at radius 3 is 2.50 bits per heavy atom. The quantitative estimate of drug-likeness (QED) is 0.442. The molecule has 0 radical (unpaired) electrons. The van der Waals surface area contributed by atoms with E-state index in [-0.39, 0.29) is 0 Å². The molecule has 16 heavy (non-hydrogen) atoms. The first-order valence-corrected chi connectivity index (χ1v) is 6.69. The molecule has 1 aromatic carbocycles. The minimum atomic E-state index is 0.935. The third-order valence-corrected chi connectivity index (χ3v) is 3.00. The minimum Gasteiger partial charge on any atom is -0.399 e. The first-order chi connectivity index (χ1) is 7.81. The average Bonchev–Trinajstić information content (AvgIpc) is 2.35. The van der Waals surface area contributed by atoms with Crippen LogP contribution in [-0.2, 0) is 11.3 Å². The zero-order valence-corrected chi connectivity index (χ0v) is 11.5. The topological polar surface area (TPSA) is 21.6 Å². The van der Waals surface area contributed by atoms with Crippen molar-refractivity contribution in [3.05, 3.63) is 35.4 Å². The van der Waals surface area contributed by atoms with E-state index < -0.39 is 0 Å². The van der Waals surface area contributed by atoms with E-state index in [1.165, 1.54) is 5.56 Å². The van der Waals surface area contributed by atoms with Crippen molar-refractivity contribution < 1.29 is 4.84 Å². The van der Waals surface area contributed by atoms with Crippen LogP contribution in [0.1, 0.15) is 30.9 Å². The summed E-state index contributed by atoms with van der Waals surface area (Å²) < 4.78 is 0. The van der Waals surface area contributed by atoms with E-state index in [1.54, 1.807) is 7.11 Å². The highest BCUT2D eigenvalue weighted by Gasteiger charge is 2.04.